The average molecular weight is 437 g/mol. The second-order valence-electron chi connectivity index (χ2n) is 8.66. The van der Waals surface area contributed by atoms with Crippen LogP contribution in [0.3, 0.4) is 0 Å². The van der Waals surface area contributed by atoms with Crippen molar-refractivity contribution in [3.05, 3.63) is 58.0 Å². The number of carbonyl (C=O) groups excluding carboxylic acids is 2. The number of fused-ring (bicyclic) bond motifs is 3. The molecule has 7 heteroatoms. The maximum atomic E-state index is 13.2. The molecule has 3 N–H and O–H groups in total. The number of nitrogens with one attached hydrogen (secondary N) is 2. The Kier molecular flexibility index (Phi) is 4.93. The number of thiophene rings is 1. The van der Waals surface area contributed by atoms with E-state index in [2.05, 4.69) is 10.6 Å². The molecule has 1 heterocycles. The molecule has 5 rings (SSSR count). The van der Waals surface area contributed by atoms with Crippen LogP contribution in [-0.2, 0) is 22.4 Å². The molecule has 1 aromatic heterocycles. The second-order valence-corrected chi connectivity index (χ2v) is 9.76. The number of carboxylic acids is 1. The highest BCUT2D eigenvalue weighted by Gasteiger charge is 2.51. The maximum absolute atomic E-state index is 13.2. The molecule has 0 radical (unpaired) electrons. The molecular weight excluding hydrogens is 412 g/mol. The van der Waals surface area contributed by atoms with Crippen LogP contribution in [0.4, 0.5) is 10.7 Å². The summed E-state index contributed by atoms with van der Waals surface area (Å²) in [5.41, 5.74) is 3.24. The number of anilines is 2. The van der Waals surface area contributed by atoms with Gasteiger partial charge in [-0.05, 0) is 61.6 Å². The fourth-order valence-corrected chi connectivity index (χ4v) is 6.63. The second kappa shape index (κ2) is 7.64. The summed E-state index contributed by atoms with van der Waals surface area (Å²) in [5.74, 6) is -2.90. The van der Waals surface area contributed by atoms with Gasteiger partial charge in [-0.3, -0.25) is 14.4 Å². The molecule has 0 spiro atoms. The highest BCUT2D eigenvalue weighted by atomic mass is 32.1. The van der Waals surface area contributed by atoms with Crippen LogP contribution in [0.5, 0.6) is 0 Å². The third-order valence-corrected chi connectivity index (χ3v) is 8.03. The number of aryl methyl sites for hydroxylation is 2. The first-order valence-electron chi connectivity index (χ1n) is 10.7. The van der Waals surface area contributed by atoms with Crippen molar-refractivity contribution >= 4 is 39.8 Å². The molecule has 1 aromatic carbocycles. The lowest BCUT2D eigenvalue weighted by Gasteiger charge is -2.23. The number of benzene rings is 1. The summed E-state index contributed by atoms with van der Waals surface area (Å²) in [6, 6.07) is 7.59. The molecule has 3 aliphatic carbocycles. The van der Waals surface area contributed by atoms with Crippen LogP contribution >= 0.6 is 11.3 Å². The van der Waals surface area contributed by atoms with E-state index in [-0.39, 0.29) is 23.7 Å². The molecule has 3 aliphatic rings. The Morgan fingerprint density at radius 1 is 1.03 bits per heavy atom. The largest absolute Gasteiger partial charge is 0.481 e. The molecule has 0 unspecified atom stereocenters. The molecule has 160 valence electrons. The minimum absolute atomic E-state index is 0.0536. The minimum atomic E-state index is -0.928. The number of hydrogen-bond donors (Lipinski definition) is 3. The van der Waals surface area contributed by atoms with Gasteiger partial charge in [-0.25, -0.2) is 0 Å². The van der Waals surface area contributed by atoms with E-state index in [1.54, 1.807) is 0 Å². The average Bonchev–Trinajstić information content (AvgIpc) is 3.49. The quantitative estimate of drug-likeness (QED) is 0.611. The zero-order valence-corrected chi connectivity index (χ0v) is 18.0. The van der Waals surface area contributed by atoms with Gasteiger partial charge in [0.05, 0.1) is 17.4 Å². The van der Waals surface area contributed by atoms with Gasteiger partial charge in [-0.1, -0.05) is 30.4 Å². The topological polar surface area (TPSA) is 95.5 Å². The molecule has 2 amide bonds. The van der Waals surface area contributed by atoms with E-state index in [0.717, 1.165) is 41.0 Å². The van der Waals surface area contributed by atoms with Crippen LogP contribution in [0.15, 0.2) is 36.4 Å². The van der Waals surface area contributed by atoms with E-state index < -0.39 is 17.8 Å². The fourth-order valence-electron chi connectivity index (χ4n) is 5.34. The Morgan fingerprint density at radius 3 is 2.52 bits per heavy atom. The van der Waals surface area contributed by atoms with E-state index in [1.807, 2.05) is 43.3 Å². The highest BCUT2D eigenvalue weighted by molar-refractivity contribution is 7.17. The van der Waals surface area contributed by atoms with Crippen LogP contribution in [0.25, 0.3) is 0 Å². The van der Waals surface area contributed by atoms with Crippen molar-refractivity contribution in [2.75, 3.05) is 10.6 Å². The minimum Gasteiger partial charge on any atom is -0.481 e. The van der Waals surface area contributed by atoms with Crippen LogP contribution in [-0.4, -0.2) is 22.9 Å². The Hall–Kier alpha value is -2.93. The molecular formula is C24H24N2O4S. The lowest BCUT2D eigenvalue weighted by molar-refractivity contribution is -0.146. The molecule has 1 fully saturated rings. The van der Waals surface area contributed by atoms with E-state index in [9.17, 15) is 19.5 Å². The normalized spacial score (nSPS) is 25.5. The zero-order chi connectivity index (χ0) is 21.7. The molecule has 6 nitrogen and oxygen atoms in total. The van der Waals surface area contributed by atoms with Gasteiger partial charge in [0.15, 0.2) is 0 Å². The van der Waals surface area contributed by atoms with Crippen molar-refractivity contribution in [3.63, 3.8) is 0 Å². The molecule has 1 saturated carbocycles. The third kappa shape index (κ3) is 3.37. The van der Waals surface area contributed by atoms with Crippen LogP contribution in [0.2, 0.25) is 0 Å². The van der Waals surface area contributed by atoms with Gasteiger partial charge in [0.2, 0.25) is 5.91 Å². The smallest absolute Gasteiger partial charge is 0.307 e. The zero-order valence-electron chi connectivity index (χ0n) is 17.2. The maximum Gasteiger partial charge on any atom is 0.307 e. The SMILES string of the molecule is Cc1ccccc1NC(=O)c1c(NC(=O)[C@H]2[C@@H](C(=O)O)[C@H]3C=C[C@H]2C3)sc2c1CCC2. The van der Waals surface area contributed by atoms with Gasteiger partial charge in [0, 0.05) is 10.6 Å². The standard InChI is InChI=1S/C24H24N2O4S/c1-12-5-2-3-7-16(12)25-22(28)20-15-6-4-8-17(15)31-23(20)26-21(27)18-13-9-10-14(11-13)19(18)24(29)30/h2-3,5,7,9-10,13-14,18-19H,4,6,8,11H2,1H3,(H,25,28)(H,26,27)(H,29,30)/t13-,14-,18+,19-/m0/s1. The van der Waals surface area contributed by atoms with Crippen molar-refractivity contribution < 1.29 is 19.5 Å². The van der Waals surface area contributed by atoms with Crippen molar-refractivity contribution in [1.29, 1.82) is 0 Å². The first-order valence-corrected chi connectivity index (χ1v) is 11.5. The van der Waals surface area contributed by atoms with Crippen LogP contribution in [0.1, 0.15) is 39.2 Å². The predicted molar refractivity (Wildman–Crippen MR) is 119 cm³/mol. The summed E-state index contributed by atoms with van der Waals surface area (Å²) >= 11 is 1.45. The Labute approximate surface area is 184 Å². The summed E-state index contributed by atoms with van der Waals surface area (Å²) in [5, 5.41) is 16.2. The Balaban J connectivity index is 1.43. The van der Waals surface area contributed by atoms with Gasteiger partial charge < -0.3 is 15.7 Å². The lowest BCUT2D eigenvalue weighted by atomic mass is 9.82. The first-order chi connectivity index (χ1) is 14.9. The Bertz CT molecular complexity index is 1120. The molecule has 0 aliphatic heterocycles. The van der Waals surface area contributed by atoms with Gasteiger partial charge in [0.25, 0.3) is 5.91 Å². The molecule has 4 atom stereocenters. The van der Waals surface area contributed by atoms with Crippen LogP contribution < -0.4 is 10.6 Å². The highest BCUT2D eigenvalue weighted by Crippen LogP contribution is 2.49. The summed E-state index contributed by atoms with van der Waals surface area (Å²) < 4.78 is 0. The molecule has 2 bridgehead atoms. The fraction of sp³-hybridized carbons (Fsp3) is 0.375. The number of allylic oxidation sites excluding steroid dienone is 2. The summed E-state index contributed by atoms with van der Waals surface area (Å²) in [4.78, 5) is 39.4. The van der Waals surface area contributed by atoms with Gasteiger partial charge >= 0.3 is 5.97 Å². The van der Waals surface area contributed by atoms with Gasteiger partial charge in [0.1, 0.15) is 5.00 Å². The molecule has 0 saturated heterocycles. The summed E-state index contributed by atoms with van der Waals surface area (Å²) in [7, 11) is 0. The monoisotopic (exact) mass is 436 g/mol. The van der Waals surface area contributed by atoms with E-state index in [1.165, 1.54) is 11.3 Å². The van der Waals surface area contributed by atoms with E-state index in [4.69, 9.17) is 0 Å². The van der Waals surface area contributed by atoms with Crippen molar-refractivity contribution in [2.45, 2.75) is 32.6 Å². The van der Waals surface area contributed by atoms with Gasteiger partial charge in [-0.2, -0.15) is 0 Å². The molecule has 2 aromatic rings. The number of carbonyl (C=O) groups is 3. The summed E-state index contributed by atoms with van der Waals surface area (Å²) in [6.45, 7) is 1.94. The van der Waals surface area contributed by atoms with Crippen molar-refractivity contribution in [3.8, 4) is 0 Å². The van der Waals surface area contributed by atoms with Crippen molar-refractivity contribution in [1.82, 2.24) is 0 Å². The third-order valence-electron chi connectivity index (χ3n) is 6.83. The van der Waals surface area contributed by atoms with Gasteiger partial charge in [-0.15, -0.1) is 11.3 Å². The van der Waals surface area contributed by atoms with E-state index >= 15 is 0 Å². The number of carboxylic acid groups (broad SMARTS) is 1. The number of hydrogen-bond acceptors (Lipinski definition) is 4. The van der Waals surface area contributed by atoms with Crippen molar-refractivity contribution in [2.24, 2.45) is 23.7 Å². The number of aliphatic carboxylic acids is 1. The number of amides is 2. The number of para-hydroxylation sites is 1. The first kappa shape index (κ1) is 20.0. The Morgan fingerprint density at radius 2 is 1.77 bits per heavy atom. The van der Waals surface area contributed by atoms with Crippen LogP contribution in [0, 0.1) is 30.6 Å². The predicted octanol–water partition coefficient (Wildman–Crippen LogP) is 4.26. The molecule has 31 heavy (non-hydrogen) atoms. The summed E-state index contributed by atoms with van der Waals surface area (Å²) in [6.07, 6.45) is 7.31. The number of rotatable bonds is 5. The van der Waals surface area contributed by atoms with E-state index in [0.29, 0.717) is 17.0 Å². The lowest BCUT2D eigenvalue weighted by Crippen LogP contribution is -2.36.